The monoisotopic (exact) mass is 619 g/mol. The number of halogens is 2. The van der Waals surface area contributed by atoms with Crippen molar-refractivity contribution in [2.45, 2.75) is 19.1 Å². The minimum absolute atomic E-state index is 0.0293. The molecule has 2 aromatic heterocycles. The molecule has 5 aromatic rings. The molecular formula is C26H23Cl2N5O5S2. The van der Waals surface area contributed by atoms with E-state index in [1.165, 1.54) is 26.0 Å². The first-order chi connectivity index (χ1) is 18.8. The number of nitrogens with zero attached hydrogens (tertiary/aromatic N) is 3. The minimum atomic E-state index is -4.04. The number of H-pyrrole nitrogens is 1. The van der Waals surface area contributed by atoms with E-state index in [9.17, 15) is 16.8 Å². The molecule has 0 unspecified atom stereocenters. The summed E-state index contributed by atoms with van der Waals surface area (Å²) in [6, 6.07) is 17.2. The fraction of sp³-hybridized carbons (Fsp3) is 0.154. The SMILES string of the molecule is CC(C)S(=O)(=O)n1c(N)nc2c(OS(C)(=O)=O)cc(-c3nc(-c4c(Cl)cccc4Cl)[nH]c3-c3ccccc3)cc21. The Morgan fingerprint density at radius 1 is 0.925 bits per heavy atom. The van der Waals surface area contributed by atoms with Gasteiger partial charge in [-0.3, -0.25) is 0 Å². The number of hydrogen-bond donors (Lipinski definition) is 2. The van der Waals surface area contributed by atoms with E-state index in [0.717, 1.165) is 15.8 Å². The molecule has 0 aliphatic carbocycles. The molecule has 0 aliphatic rings. The molecule has 0 saturated carbocycles. The smallest absolute Gasteiger partial charge is 0.306 e. The van der Waals surface area contributed by atoms with Gasteiger partial charge in [-0.2, -0.15) is 8.42 Å². The summed E-state index contributed by atoms with van der Waals surface area (Å²) in [4.78, 5) is 12.2. The Morgan fingerprint density at radius 3 is 2.17 bits per heavy atom. The molecule has 3 aromatic carbocycles. The normalized spacial score (nSPS) is 12.3. The summed E-state index contributed by atoms with van der Waals surface area (Å²) in [5.41, 5.74) is 8.47. The lowest BCUT2D eigenvalue weighted by Gasteiger charge is -2.12. The lowest BCUT2D eigenvalue weighted by Crippen LogP contribution is -2.23. The van der Waals surface area contributed by atoms with Crippen LogP contribution in [0.15, 0.2) is 60.7 Å². The number of nitrogens with one attached hydrogen (secondary N) is 1. The van der Waals surface area contributed by atoms with Gasteiger partial charge in [0.25, 0.3) is 0 Å². The van der Waals surface area contributed by atoms with Crippen molar-refractivity contribution < 1.29 is 21.0 Å². The van der Waals surface area contributed by atoms with E-state index in [4.69, 9.17) is 38.1 Å². The summed E-state index contributed by atoms with van der Waals surface area (Å²) >= 11 is 12.9. The molecule has 3 N–H and O–H groups in total. The van der Waals surface area contributed by atoms with Crippen LogP contribution in [0.1, 0.15) is 13.8 Å². The standard InChI is InChI=1S/C26H23Cl2N5O5S2/c1-14(2)40(36,37)33-19-12-16(13-20(38-39(3,34)35)24(19)32-26(33)29)23-22(15-8-5-4-6-9-15)30-25(31-23)21-17(27)10-7-11-18(21)28/h4-14H,1-3H3,(H2,29,32)(H,30,31). The number of fused-ring (bicyclic) bond motifs is 1. The molecule has 0 saturated heterocycles. The van der Waals surface area contributed by atoms with E-state index in [2.05, 4.69) is 9.97 Å². The van der Waals surface area contributed by atoms with Crippen molar-refractivity contribution in [3.05, 3.63) is 70.7 Å². The van der Waals surface area contributed by atoms with Crippen molar-refractivity contribution in [3.8, 4) is 39.7 Å². The first kappa shape index (κ1) is 28.0. The third-order valence-electron chi connectivity index (χ3n) is 6.04. The van der Waals surface area contributed by atoms with E-state index >= 15 is 0 Å². The second-order valence-electron chi connectivity index (χ2n) is 9.23. The maximum absolute atomic E-state index is 13.3. The van der Waals surface area contributed by atoms with E-state index < -0.39 is 25.4 Å². The zero-order chi connectivity index (χ0) is 29.0. The molecule has 5 rings (SSSR count). The van der Waals surface area contributed by atoms with Crippen molar-refractivity contribution in [2.24, 2.45) is 0 Å². The summed E-state index contributed by atoms with van der Waals surface area (Å²) in [5, 5.41) is -0.134. The van der Waals surface area contributed by atoms with Crippen LogP contribution >= 0.6 is 23.2 Å². The van der Waals surface area contributed by atoms with Gasteiger partial charge >= 0.3 is 10.1 Å². The van der Waals surface area contributed by atoms with Crippen LogP contribution < -0.4 is 9.92 Å². The van der Waals surface area contributed by atoms with Crippen molar-refractivity contribution >= 4 is 60.3 Å². The molecule has 14 heteroatoms. The molecule has 2 heterocycles. The lowest BCUT2D eigenvalue weighted by molar-refractivity contribution is 0.495. The van der Waals surface area contributed by atoms with E-state index in [0.29, 0.717) is 38.4 Å². The van der Waals surface area contributed by atoms with Gasteiger partial charge in [-0.25, -0.2) is 22.4 Å². The fourth-order valence-electron chi connectivity index (χ4n) is 4.22. The lowest BCUT2D eigenvalue weighted by atomic mass is 10.0. The molecule has 0 spiro atoms. The number of imidazole rings is 2. The maximum Gasteiger partial charge on any atom is 0.306 e. The number of aromatic nitrogens is 4. The number of nitrogen functional groups attached to an aromatic ring is 1. The maximum atomic E-state index is 13.3. The predicted molar refractivity (Wildman–Crippen MR) is 158 cm³/mol. The van der Waals surface area contributed by atoms with Gasteiger partial charge in [0.05, 0.1) is 44.0 Å². The Labute approximate surface area is 240 Å². The van der Waals surface area contributed by atoms with Crippen LogP contribution in [0.4, 0.5) is 5.95 Å². The van der Waals surface area contributed by atoms with Gasteiger partial charge < -0.3 is 14.9 Å². The third-order valence-corrected chi connectivity index (χ3v) is 9.24. The van der Waals surface area contributed by atoms with E-state index in [-0.39, 0.29) is 22.7 Å². The quantitative estimate of drug-likeness (QED) is 0.224. The molecule has 0 atom stereocenters. The summed E-state index contributed by atoms with van der Waals surface area (Å²) < 4.78 is 57.0. The van der Waals surface area contributed by atoms with Crippen LogP contribution in [0.3, 0.4) is 0 Å². The highest BCUT2D eigenvalue weighted by Gasteiger charge is 2.28. The molecule has 40 heavy (non-hydrogen) atoms. The Balaban J connectivity index is 1.88. The van der Waals surface area contributed by atoms with Crippen LogP contribution in [0.25, 0.3) is 44.9 Å². The highest BCUT2D eigenvalue weighted by atomic mass is 35.5. The van der Waals surface area contributed by atoms with Crippen molar-refractivity contribution in [1.82, 2.24) is 18.9 Å². The predicted octanol–water partition coefficient (Wildman–Crippen LogP) is 5.57. The van der Waals surface area contributed by atoms with Gasteiger partial charge in [0, 0.05) is 11.1 Å². The number of benzene rings is 3. The largest absolute Gasteiger partial charge is 0.380 e. The van der Waals surface area contributed by atoms with Crippen molar-refractivity contribution in [1.29, 1.82) is 0 Å². The zero-order valence-electron chi connectivity index (χ0n) is 21.4. The Bertz CT molecular complexity index is 1970. The molecule has 0 bridgehead atoms. The second kappa shape index (κ2) is 10.1. The van der Waals surface area contributed by atoms with Crippen LogP contribution in [0.2, 0.25) is 10.0 Å². The highest BCUT2D eigenvalue weighted by molar-refractivity contribution is 7.90. The van der Waals surface area contributed by atoms with Crippen molar-refractivity contribution in [2.75, 3.05) is 12.0 Å². The van der Waals surface area contributed by atoms with Crippen molar-refractivity contribution in [3.63, 3.8) is 0 Å². The Morgan fingerprint density at radius 2 is 1.57 bits per heavy atom. The molecule has 0 radical (unpaired) electrons. The second-order valence-corrected chi connectivity index (χ2v) is 14.0. The molecular weight excluding hydrogens is 597 g/mol. The molecule has 0 amide bonds. The molecule has 0 aliphatic heterocycles. The molecule has 208 valence electrons. The Kier molecular flexibility index (Phi) is 7.07. The van der Waals surface area contributed by atoms with Crippen LogP contribution in [-0.4, -0.2) is 47.3 Å². The van der Waals surface area contributed by atoms with Gasteiger partial charge in [0.1, 0.15) is 11.3 Å². The molecule has 10 nitrogen and oxygen atoms in total. The molecule has 0 fully saturated rings. The highest BCUT2D eigenvalue weighted by Crippen LogP contribution is 2.41. The number of anilines is 1. The minimum Gasteiger partial charge on any atom is -0.380 e. The first-order valence-electron chi connectivity index (χ1n) is 11.8. The van der Waals surface area contributed by atoms with Gasteiger partial charge in [0.15, 0.2) is 5.75 Å². The Hall–Kier alpha value is -3.58. The van der Waals surface area contributed by atoms with E-state index in [1.54, 1.807) is 18.2 Å². The summed E-state index contributed by atoms with van der Waals surface area (Å²) in [6.45, 7) is 3.00. The van der Waals surface area contributed by atoms with Gasteiger partial charge in [-0.1, -0.05) is 59.6 Å². The third kappa shape index (κ3) is 5.03. The zero-order valence-corrected chi connectivity index (χ0v) is 24.5. The topological polar surface area (TPSA) is 150 Å². The summed E-state index contributed by atoms with van der Waals surface area (Å²) in [6.07, 6.45) is 0.873. The first-order valence-corrected chi connectivity index (χ1v) is 15.9. The number of hydrogen-bond acceptors (Lipinski definition) is 8. The van der Waals surface area contributed by atoms with Gasteiger partial charge in [0.2, 0.25) is 16.0 Å². The average Bonchev–Trinajstić information content (AvgIpc) is 3.45. The fourth-order valence-corrected chi connectivity index (χ4v) is 6.39. The number of nitrogens with two attached hydrogens (primary N) is 1. The van der Waals surface area contributed by atoms with Crippen LogP contribution in [-0.2, 0) is 20.1 Å². The number of rotatable bonds is 7. The van der Waals surface area contributed by atoms with Crippen LogP contribution in [0, 0.1) is 0 Å². The van der Waals surface area contributed by atoms with Crippen LogP contribution in [0.5, 0.6) is 5.75 Å². The van der Waals surface area contributed by atoms with E-state index in [1.807, 2.05) is 30.3 Å². The number of aromatic amines is 1. The van der Waals surface area contributed by atoms with Gasteiger partial charge in [-0.05, 0) is 38.1 Å². The summed E-state index contributed by atoms with van der Waals surface area (Å²) in [5.74, 6) is -0.204. The summed E-state index contributed by atoms with van der Waals surface area (Å²) in [7, 11) is -8.04. The average molecular weight is 621 g/mol. The van der Waals surface area contributed by atoms with Gasteiger partial charge in [-0.15, -0.1) is 0 Å².